The number of benzene rings is 2. The van der Waals surface area contributed by atoms with Crippen molar-refractivity contribution in [2.75, 3.05) is 0 Å². The molecule has 2 rings (SSSR count). The molecule has 0 heterocycles. The van der Waals surface area contributed by atoms with Crippen LogP contribution in [0.15, 0.2) is 36.4 Å². The molecule has 0 saturated heterocycles. The summed E-state index contributed by atoms with van der Waals surface area (Å²) in [5.74, 6) is -0.217. The third-order valence-corrected chi connectivity index (χ3v) is 2.99. The van der Waals surface area contributed by atoms with Crippen LogP contribution >= 0.6 is 11.6 Å². The van der Waals surface area contributed by atoms with Crippen LogP contribution < -0.4 is 0 Å². The maximum atomic E-state index is 13.0. The highest BCUT2D eigenvalue weighted by Gasteiger charge is 2.09. The fourth-order valence-corrected chi connectivity index (χ4v) is 2.20. The average Bonchev–Trinajstić information content (AvgIpc) is 2.20. The number of halogens is 2. The van der Waals surface area contributed by atoms with E-state index in [1.807, 2.05) is 32.0 Å². The zero-order valence-corrected chi connectivity index (χ0v) is 9.98. The van der Waals surface area contributed by atoms with Crippen molar-refractivity contribution in [1.82, 2.24) is 0 Å². The van der Waals surface area contributed by atoms with E-state index in [1.54, 1.807) is 6.07 Å². The molecule has 2 aromatic carbocycles. The first-order valence-electron chi connectivity index (χ1n) is 5.11. The Morgan fingerprint density at radius 2 is 1.75 bits per heavy atom. The molecular formula is C14H12ClF. The van der Waals surface area contributed by atoms with Gasteiger partial charge in [0.25, 0.3) is 0 Å². The van der Waals surface area contributed by atoms with Crippen molar-refractivity contribution in [2.24, 2.45) is 0 Å². The molecule has 0 N–H and O–H groups in total. The second kappa shape index (κ2) is 4.26. The van der Waals surface area contributed by atoms with Gasteiger partial charge in [-0.05, 0) is 48.7 Å². The zero-order valence-electron chi connectivity index (χ0n) is 9.22. The molecule has 0 saturated carbocycles. The van der Waals surface area contributed by atoms with Crippen LogP contribution in [-0.4, -0.2) is 0 Å². The van der Waals surface area contributed by atoms with Crippen molar-refractivity contribution < 1.29 is 4.39 Å². The van der Waals surface area contributed by atoms with Crippen molar-refractivity contribution in [3.8, 4) is 11.1 Å². The van der Waals surface area contributed by atoms with Crippen LogP contribution in [0.4, 0.5) is 4.39 Å². The molecule has 2 aromatic rings. The zero-order chi connectivity index (χ0) is 11.7. The van der Waals surface area contributed by atoms with Gasteiger partial charge in [0, 0.05) is 10.6 Å². The van der Waals surface area contributed by atoms with E-state index in [1.165, 1.54) is 12.1 Å². The van der Waals surface area contributed by atoms with Crippen LogP contribution in [0.1, 0.15) is 11.1 Å². The number of hydrogen-bond acceptors (Lipinski definition) is 0. The van der Waals surface area contributed by atoms with Gasteiger partial charge in [-0.1, -0.05) is 29.8 Å². The standard InChI is InChI=1S/C14H12ClF/c1-9-4-3-5-13(15)14(9)12-7-6-11(16)8-10(12)2/h3-8H,1-2H3. The fraction of sp³-hybridized carbons (Fsp3) is 0.143. The van der Waals surface area contributed by atoms with Crippen LogP contribution in [-0.2, 0) is 0 Å². The van der Waals surface area contributed by atoms with E-state index < -0.39 is 0 Å². The largest absolute Gasteiger partial charge is 0.207 e. The molecule has 0 nitrogen and oxygen atoms in total. The lowest BCUT2D eigenvalue weighted by Gasteiger charge is -2.11. The number of aryl methyl sites for hydroxylation is 2. The summed E-state index contributed by atoms with van der Waals surface area (Å²) in [5.41, 5.74) is 3.98. The van der Waals surface area contributed by atoms with Crippen molar-refractivity contribution in [3.05, 3.63) is 58.4 Å². The lowest BCUT2D eigenvalue weighted by atomic mass is 9.96. The third-order valence-electron chi connectivity index (χ3n) is 2.68. The molecular weight excluding hydrogens is 223 g/mol. The molecule has 16 heavy (non-hydrogen) atoms. The van der Waals surface area contributed by atoms with Crippen LogP contribution in [0.25, 0.3) is 11.1 Å². The van der Waals surface area contributed by atoms with Gasteiger partial charge in [-0.3, -0.25) is 0 Å². The van der Waals surface area contributed by atoms with Crippen molar-refractivity contribution in [3.63, 3.8) is 0 Å². The van der Waals surface area contributed by atoms with E-state index in [4.69, 9.17) is 11.6 Å². The van der Waals surface area contributed by atoms with E-state index in [0.29, 0.717) is 5.02 Å². The molecule has 0 aliphatic rings. The summed E-state index contributed by atoms with van der Waals surface area (Å²) >= 11 is 6.18. The summed E-state index contributed by atoms with van der Waals surface area (Å²) in [6, 6.07) is 10.5. The predicted molar refractivity (Wildman–Crippen MR) is 66.3 cm³/mol. The Morgan fingerprint density at radius 1 is 1.00 bits per heavy atom. The molecule has 82 valence electrons. The van der Waals surface area contributed by atoms with Gasteiger partial charge in [-0.2, -0.15) is 0 Å². The molecule has 0 bridgehead atoms. The summed E-state index contributed by atoms with van der Waals surface area (Å²) in [5, 5.41) is 0.703. The summed E-state index contributed by atoms with van der Waals surface area (Å²) in [4.78, 5) is 0. The van der Waals surface area contributed by atoms with E-state index in [2.05, 4.69) is 0 Å². The number of hydrogen-bond donors (Lipinski definition) is 0. The molecule has 0 aliphatic carbocycles. The third kappa shape index (κ3) is 1.96. The van der Waals surface area contributed by atoms with E-state index in [-0.39, 0.29) is 5.82 Å². The van der Waals surface area contributed by atoms with Gasteiger partial charge in [-0.25, -0.2) is 4.39 Å². The summed E-state index contributed by atoms with van der Waals surface area (Å²) < 4.78 is 13.0. The Balaban J connectivity index is 2.68. The Bertz CT molecular complexity index is 512. The first-order valence-corrected chi connectivity index (χ1v) is 5.49. The molecule has 0 amide bonds. The predicted octanol–water partition coefficient (Wildman–Crippen LogP) is 4.76. The van der Waals surface area contributed by atoms with Gasteiger partial charge in [0.15, 0.2) is 0 Å². The maximum Gasteiger partial charge on any atom is 0.123 e. The average molecular weight is 235 g/mol. The summed E-state index contributed by atoms with van der Waals surface area (Å²) in [7, 11) is 0. The second-order valence-electron chi connectivity index (χ2n) is 3.89. The molecule has 0 atom stereocenters. The van der Waals surface area contributed by atoms with Crippen molar-refractivity contribution in [1.29, 1.82) is 0 Å². The second-order valence-corrected chi connectivity index (χ2v) is 4.30. The quantitative estimate of drug-likeness (QED) is 0.667. The van der Waals surface area contributed by atoms with Gasteiger partial charge < -0.3 is 0 Å². The monoisotopic (exact) mass is 234 g/mol. The minimum Gasteiger partial charge on any atom is -0.207 e. The molecule has 0 unspecified atom stereocenters. The van der Waals surface area contributed by atoms with Crippen molar-refractivity contribution >= 4 is 11.6 Å². The van der Waals surface area contributed by atoms with Gasteiger partial charge in [0.2, 0.25) is 0 Å². The minimum atomic E-state index is -0.217. The van der Waals surface area contributed by atoms with Crippen LogP contribution in [0.3, 0.4) is 0 Å². The Labute approximate surface area is 99.7 Å². The maximum absolute atomic E-state index is 13.0. The Morgan fingerprint density at radius 3 is 2.38 bits per heavy atom. The van der Waals surface area contributed by atoms with Crippen LogP contribution in [0.2, 0.25) is 5.02 Å². The van der Waals surface area contributed by atoms with E-state index >= 15 is 0 Å². The van der Waals surface area contributed by atoms with E-state index in [0.717, 1.165) is 22.3 Å². The van der Waals surface area contributed by atoms with E-state index in [9.17, 15) is 4.39 Å². The number of rotatable bonds is 1. The normalized spacial score (nSPS) is 10.5. The molecule has 2 heteroatoms. The van der Waals surface area contributed by atoms with Crippen LogP contribution in [0.5, 0.6) is 0 Å². The summed E-state index contributed by atoms with van der Waals surface area (Å²) in [6.07, 6.45) is 0. The Hall–Kier alpha value is -1.34. The molecule has 0 aromatic heterocycles. The summed E-state index contributed by atoms with van der Waals surface area (Å²) in [6.45, 7) is 3.89. The Kier molecular flexibility index (Phi) is 2.97. The van der Waals surface area contributed by atoms with Gasteiger partial charge in [0.1, 0.15) is 5.82 Å². The lowest BCUT2D eigenvalue weighted by Crippen LogP contribution is -1.89. The first kappa shape index (κ1) is 11.2. The molecule has 0 spiro atoms. The molecule has 0 radical (unpaired) electrons. The van der Waals surface area contributed by atoms with Gasteiger partial charge >= 0.3 is 0 Å². The fourth-order valence-electron chi connectivity index (χ4n) is 1.88. The van der Waals surface area contributed by atoms with Gasteiger partial charge in [-0.15, -0.1) is 0 Å². The van der Waals surface area contributed by atoms with Crippen molar-refractivity contribution in [2.45, 2.75) is 13.8 Å². The van der Waals surface area contributed by atoms with Crippen LogP contribution in [0, 0.1) is 19.7 Å². The highest BCUT2D eigenvalue weighted by Crippen LogP contribution is 2.33. The first-order chi connectivity index (χ1) is 7.59. The highest BCUT2D eigenvalue weighted by molar-refractivity contribution is 6.33. The highest BCUT2D eigenvalue weighted by atomic mass is 35.5. The molecule has 0 aliphatic heterocycles. The topological polar surface area (TPSA) is 0 Å². The van der Waals surface area contributed by atoms with Gasteiger partial charge in [0.05, 0.1) is 0 Å². The minimum absolute atomic E-state index is 0.217. The smallest absolute Gasteiger partial charge is 0.123 e. The SMILES string of the molecule is Cc1cc(F)ccc1-c1c(C)cccc1Cl. The molecule has 0 fully saturated rings. The lowest BCUT2D eigenvalue weighted by molar-refractivity contribution is 0.627.